The van der Waals surface area contributed by atoms with E-state index in [1.165, 1.54) is 22.3 Å². The van der Waals surface area contributed by atoms with Crippen LogP contribution in [0.5, 0.6) is 0 Å². The van der Waals surface area contributed by atoms with Crippen molar-refractivity contribution in [1.29, 1.82) is 0 Å². The molecular weight excluding hydrogens is 388 g/mol. The summed E-state index contributed by atoms with van der Waals surface area (Å²) in [5, 5.41) is 0. The number of nitrogens with zero attached hydrogens (tertiary/aromatic N) is 2. The molecule has 2 heteroatoms. The van der Waals surface area contributed by atoms with E-state index in [1.54, 1.807) is 0 Å². The highest BCUT2D eigenvalue weighted by atomic mass is 15.2. The molecule has 0 aliphatic heterocycles. The topological polar surface area (TPSA) is 6.48 Å². The number of benzene rings is 4. The molecule has 4 rings (SSSR count). The molecule has 0 heterocycles. The molecule has 32 heavy (non-hydrogen) atoms. The molecule has 2 nitrogen and oxygen atoms in total. The van der Waals surface area contributed by atoms with Crippen LogP contribution in [0.1, 0.15) is 22.3 Å². The Morgan fingerprint density at radius 2 is 0.750 bits per heavy atom. The Morgan fingerprint density at radius 1 is 0.438 bits per heavy atom. The molecule has 0 bridgehead atoms. The first-order valence-corrected chi connectivity index (χ1v) is 11.0. The van der Waals surface area contributed by atoms with Crippen molar-refractivity contribution in [2.75, 3.05) is 23.9 Å². The fourth-order valence-electron chi connectivity index (χ4n) is 3.96. The van der Waals surface area contributed by atoms with Gasteiger partial charge in [-0.25, -0.2) is 0 Å². The molecule has 0 aliphatic rings. The third-order valence-electron chi connectivity index (χ3n) is 5.83. The predicted molar refractivity (Wildman–Crippen MR) is 139 cm³/mol. The predicted octanol–water partition coefficient (Wildman–Crippen LogP) is 7.40. The van der Waals surface area contributed by atoms with Crippen molar-refractivity contribution in [2.24, 2.45) is 0 Å². The molecule has 0 fully saturated rings. The highest BCUT2D eigenvalue weighted by Gasteiger charge is 2.21. The lowest BCUT2D eigenvalue weighted by atomic mass is 10.00. The van der Waals surface area contributed by atoms with Crippen LogP contribution in [0, 0.1) is 13.8 Å². The van der Waals surface area contributed by atoms with Gasteiger partial charge in [-0.2, -0.15) is 0 Å². The summed E-state index contributed by atoms with van der Waals surface area (Å²) in [6.07, 6.45) is 0. The Kier molecular flexibility index (Phi) is 6.42. The van der Waals surface area contributed by atoms with E-state index in [0.29, 0.717) is 0 Å². The molecule has 0 unspecified atom stereocenters. The van der Waals surface area contributed by atoms with Gasteiger partial charge in [0, 0.05) is 36.6 Å². The van der Waals surface area contributed by atoms with E-state index in [-0.39, 0.29) is 0 Å². The lowest BCUT2D eigenvalue weighted by Gasteiger charge is -2.32. The van der Waals surface area contributed by atoms with Gasteiger partial charge in [0.2, 0.25) is 0 Å². The number of aryl methyl sites for hydroxylation is 2. The standard InChI is InChI=1S/C30H30N2/c1-23-15-19-25(20-16-23)29(31(3)27-11-7-5-8-12-27)30(26-21-17-24(2)18-22-26)32(4)28-13-9-6-10-14-28/h5-22H,1-4H3/b30-29-. The van der Waals surface area contributed by atoms with Gasteiger partial charge in [0.15, 0.2) is 0 Å². The lowest BCUT2D eigenvalue weighted by molar-refractivity contribution is 1.17. The van der Waals surface area contributed by atoms with Crippen molar-refractivity contribution < 1.29 is 0 Å². The second kappa shape index (κ2) is 9.57. The Labute approximate surface area is 192 Å². The molecule has 0 N–H and O–H groups in total. The van der Waals surface area contributed by atoms with E-state index in [0.717, 1.165) is 22.8 Å². The Balaban J connectivity index is 2.01. The first-order valence-electron chi connectivity index (χ1n) is 11.0. The van der Waals surface area contributed by atoms with Crippen LogP contribution in [0.3, 0.4) is 0 Å². The molecule has 0 radical (unpaired) electrons. The zero-order valence-corrected chi connectivity index (χ0v) is 19.3. The molecule has 0 spiro atoms. The molecular formula is C30H30N2. The van der Waals surface area contributed by atoms with E-state index in [9.17, 15) is 0 Å². The van der Waals surface area contributed by atoms with E-state index in [4.69, 9.17) is 0 Å². The summed E-state index contributed by atoms with van der Waals surface area (Å²) in [7, 11) is 4.30. The SMILES string of the molecule is Cc1ccc(/C(=C(\c2ccc(C)cc2)N(C)c2ccccc2)N(C)c2ccccc2)cc1. The van der Waals surface area contributed by atoms with Gasteiger partial charge in [-0.05, 0) is 38.1 Å². The summed E-state index contributed by atoms with van der Waals surface area (Å²) >= 11 is 0. The summed E-state index contributed by atoms with van der Waals surface area (Å²) in [5.74, 6) is 0. The highest BCUT2D eigenvalue weighted by Crippen LogP contribution is 2.36. The van der Waals surface area contributed by atoms with Gasteiger partial charge < -0.3 is 9.80 Å². The lowest BCUT2D eigenvalue weighted by Crippen LogP contribution is -2.24. The average Bonchev–Trinajstić information content (AvgIpc) is 2.84. The van der Waals surface area contributed by atoms with Gasteiger partial charge in [-0.15, -0.1) is 0 Å². The van der Waals surface area contributed by atoms with Crippen molar-refractivity contribution in [1.82, 2.24) is 0 Å². The number of anilines is 2. The smallest absolute Gasteiger partial charge is 0.0729 e. The van der Waals surface area contributed by atoms with Crippen molar-refractivity contribution in [2.45, 2.75) is 13.8 Å². The molecule has 0 atom stereocenters. The minimum absolute atomic E-state index is 1.15. The van der Waals surface area contributed by atoms with E-state index in [1.807, 2.05) is 0 Å². The van der Waals surface area contributed by atoms with E-state index < -0.39 is 0 Å². The number of rotatable bonds is 6. The zero-order chi connectivity index (χ0) is 22.5. The second-order valence-electron chi connectivity index (χ2n) is 8.22. The Hall–Kier alpha value is -3.78. The first-order chi connectivity index (χ1) is 15.5. The third kappa shape index (κ3) is 4.60. The van der Waals surface area contributed by atoms with E-state index >= 15 is 0 Å². The van der Waals surface area contributed by atoms with Gasteiger partial charge in [-0.3, -0.25) is 0 Å². The van der Waals surface area contributed by atoms with Crippen molar-refractivity contribution in [3.05, 3.63) is 131 Å². The highest BCUT2D eigenvalue weighted by molar-refractivity contribution is 6.01. The fourth-order valence-corrected chi connectivity index (χ4v) is 3.96. The van der Waals surface area contributed by atoms with Gasteiger partial charge in [0.1, 0.15) is 0 Å². The molecule has 0 amide bonds. The molecule has 0 saturated heterocycles. The number of hydrogen-bond donors (Lipinski definition) is 0. The molecule has 0 aliphatic carbocycles. The number of hydrogen-bond acceptors (Lipinski definition) is 2. The third-order valence-corrected chi connectivity index (χ3v) is 5.83. The quantitative estimate of drug-likeness (QED) is 0.301. The van der Waals surface area contributed by atoms with Crippen LogP contribution in [-0.4, -0.2) is 14.1 Å². The van der Waals surface area contributed by atoms with Gasteiger partial charge in [0.25, 0.3) is 0 Å². The summed E-state index contributed by atoms with van der Waals surface area (Å²) in [5.41, 5.74) is 9.48. The fraction of sp³-hybridized carbons (Fsp3) is 0.133. The van der Waals surface area contributed by atoms with Crippen LogP contribution in [0.2, 0.25) is 0 Å². The van der Waals surface area contributed by atoms with Crippen LogP contribution in [0.25, 0.3) is 11.4 Å². The molecule has 160 valence electrons. The zero-order valence-electron chi connectivity index (χ0n) is 19.3. The van der Waals surface area contributed by atoms with Crippen LogP contribution in [0.4, 0.5) is 11.4 Å². The largest absolute Gasteiger partial charge is 0.342 e. The minimum Gasteiger partial charge on any atom is -0.342 e. The normalized spacial score (nSPS) is 11.6. The monoisotopic (exact) mass is 418 g/mol. The maximum atomic E-state index is 2.29. The van der Waals surface area contributed by atoms with Crippen molar-refractivity contribution >= 4 is 22.8 Å². The molecule has 0 aromatic heterocycles. The summed E-state index contributed by atoms with van der Waals surface area (Å²) in [4.78, 5) is 4.58. The van der Waals surface area contributed by atoms with Crippen molar-refractivity contribution in [3.8, 4) is 0 Å². The van der Waals surface area contributed by atoms with Gasteiger partial charge in [-0.1, -0.05) is 96.1 Å². The van der Waals surface area contributed by atoms with Gasteiger partial charge in [0.05, 0.1) is 11.4 Å². The van der Waals surface area contributed by atoms with Crippen LogP contribution >= 0.6 is 0 Å². The van der Waals surface area contributed by atoms with Gasteiger partial charge >= 0.3 is 0 Å². The van der Waals surface area contributed by atoms with E-state index in [2.05, 4.69) is 147 Å². The van der Waals surface area contributed by atoms with Crippen LogP contribution in [0.15, 0.2) is 109 Å². The number of para-hydroxylation sites is 2. The summed E-state index contributed by atoms with van der Waals surface area (Å²) < 4.78 is 0. The van der Waals surface area contributed by atoms with Crippen molar-refractivity contribution in [3.63, 3.8) is 0 Å². The summed E-state index contributed by atoms with van der Waals surface area (Å²) in [6.45, 7) is 4.26. The molecule has 0 saturated carbocycles. The first kappa shape index (κ1) is 21.5. The molecule has 4 aromatic carbocycles. The molecule has 4 aromatic rings. The Bertz CT molecular complexity index is 1080. The average molecular weight is 419 g/mol. The van der Waals surface area contributed by atoms with Crippen LogP contribution < -0.4 is 9.80 Å². The minimum atomic E-state index is 1.15. The Morgan fingerprint density at radius 3 is 1.06 bits per heavy atom. The maximum Gasteiger partial charge on any atom is 0.0729 e. The second-order valence-corrected chi connectivity index (χ2v) is 8.22. The maximum absolute atomic E-state index is 2.29. The van der Waals surface area contributed by atoms with Crippen LogP contribution in [-0.2, 0) is 0 Å². The summed E-state index contributed by atoms with van der Waals surface area (Å²) in [6, 6.07) is 38.7.